The largest absolute Gasteiger partial charge is 0.455 e. The molecule has 0 spiro atoms. The monoisotopic (exact) mass is 350 g/mol. The number of allylic oxidation sites excluding steroid dienone is 2. The standard InChI is InChI=1S/C19H26O6/c1-10(2)17(21)25-15-12(4)8-6-7-11(3)9-14-19(23,16(15)20)13(5)18(22)24-14/h8-10,14-16,20,23H,5-7H2,1-4H3. The van der Waals surface area contributed by atoms with Crippen LogP contribution in [-0.4, -0.2) is 46.1 Å². The SMILES string of the molecule is C=C1C(=O)OC2C=C(C)CCC=C(C)C(OC(=O)C(C)C)C(O)C12O. The van der Waals surface area contributed by atoms with E-state index in [2.05, 4.69) is 6.58 Å². The third-order valence-electron chi connectivity index (χ3n) is 4.74. The van der Waals surface area contributed by atoms with Crippen LogP contribution in [-0.2, 0) is 19.1 Å². The van der Waals surface area contributed by atoms with E-state index in [4.69, 9.17) is 9.47 Å². The molecule has 0 aromatic heterocycles. The molecular weight excluding hydrogens is 324 g/mol. The number of ether oxygens (including phenoxy) is 2. The quantitative estimate of drug-likeness (QED) is 0.448. The van der Waals surface area contributed by atoms with Crippen LogP contribution in [0.4, 0.5) is 0 Å². The topological polar surface area (TPSA) is 93.1 Å². The zero-order valence-corrected chi connectivity index (χ0v) is 15.1. The Balaban J connectivity index is 2.50. The van der Waals surface area contributed by atoms with Crippen molar-refractivity contribution in [2.45, 2.75) is 64.4 Å². The highest BCUT2D eigenvalue weighted by atomic mass is 16.6. The van der Waals surface area contributed by atoms with Gasteiger partial charge in [-0.1, -0.05) is 32.1 Å². The summed E-state index contributed by atoms with van der Waals surface area (Å²) in [6.45, 7) is 10.5. The van der Waals surface area contributed by atoms with Gasteiger partial charge in [0, 0.05) is 0 Å². The van der Waals surface area contributed by atoms with Gasteiger partial charge < -0.3 is 19.7 Å². The summed E-state index contributed by atoms with van der Waals surface area (Å²) in [6.07, 6.45) is 1.09. The Morgan fingerprint density at radius 3 is 2.68 bits per heavy atom. The highest BCUT2D eigenvalue weighted by molar-refractivity contribution is 5.93. The Bertz CT molecular complexity index is 644. The van der Waals surface area contributed by atoms with E-state index in [1.807, 2.05) is 13.0 Å². The predicted octanol–water partition coefficient (Wildman–Crippen LogP) is 1.81. The maximum atomic E-state index is 12.1. The molecule has 4 unspecified atom stereocenters. The lowest BCUT2D eigenvalue weighted by Crippen LogP contribution is -2.56. The lowest BCUT2D eigenvalue weighted by molar-refractivity contribution is -0.170. The van der Waals surface area contributed by atoms with Crippen LogP contribution in [0.3, 0.4) is 0 Å². The molecule has 6 nitrogen and oxygen atoms in total. The molecule has 1 saturated heterocycles. The predicted molar refractivity (Wildman–Crippen MR) is 91.4 cm³/mol. The molecule has 1 heterocycles. The van der Waals surface area contributed by atoms with Crippen molar-refractivity contribution < 1.29 is 29.3 Å². The van der Waals surface area contributed by atoms with Crippen molar-refractivity contribution >= 4 is 11.9 Å². The van der Waals surface area contributed by atoms with Crippen LogP contribution in [0.15, 0.2) is 35.5 Å². The third-order valence-corrected chi connectivity index (χ3v) is 4.74. The number of carbonyl (C=O) groups is 2. The molecule has 138 valence electrons. The molecule has 0 amide bonds. The lowest BCUT2D eigenvalue weighted by atomic mass is 9.79. The smallest absolute Gasteiger partial charge is 0.337 e. The summed E-state index contributed by atoms with van der Waals surface area (Å²) in [4.78, 5) is 24.0. The number of aliphatic hydroxyl groups is 2. The molecule has 25 heavy (non-hydrogen) atoms. The first kappa shape index (κ1) is 19.4. The highest BCUT2D eigenvalue weighted by Crippen LogP contribution is 2.39. The summed E-state index contributed by atoms with van der Waals surface area (Å²) in [6, 6.07) is 0. The average molecular weight is 350 g/mol. The number of hydrogen-bond donors (Lipinski definition) is 2. The van der Waals surface area contributed by atoms with Crippen molar-refractivity contribution in [1.82, 2.24) is 0 Å². The third kappa shape index (κ3) is 3.55. The maximum absolute atomic E-state index is 12.1. The van der Waals surface area contributed by atoms with Gasteiger partial charge in [0.1, 0.15) is 6.10 Å². The van der Waals surface area contributed by atoms with Crippen LogP contribution in [0.2, 0.25) is 0 Å². The minimum absolute atomic E-state index is 0.243. The summed E-state index contributed by atoms with van der Waals surface area (Å²) in [7, 11) is 0. The van der Waals surface area contributed by atoms with Gasteiger partial charge >= 0.3 is 11.9 Å². The van der Waals surface area contributed by atoms with Gasteiger partial charge in [-0.25, -0.2) is 4.79 Å². The van der Waals surface area contributed by atoms with Crippen LogP contribution in [0, 0.1) is 5.92 Å². The van der Waals surface area contributed by atoms with Crippen LogP contribution < -0.4 is 0 Å². The second kappa shape index (κ2) is 7.14. The first-order valence-corrected chi connectivity index (χ1v) is 8.44. The van der Waals surface area contributed by atoms with Crippen LogP contribution >= 0.6 is 0 Å². The number of rotatable bonds is 2. The molecule has 0 radical (unpaired) electrons. The zero-order chi connectivity index (χ0) is 18.9. The van der Waals surface area contributed by atoms with E-state index in [1.54, 1.807) is 26.8 Å². The number of carbonyl (C=O) groups excluding carboxylic acids is 2. The number of aliphatic hydroxyl groups excluding tert-OH is 1. The summed E-state index contributed by atoms with van der Waals surface area (Å²) >= 11 is 0. The van der Waals surface area contributed by atoms with Crippen molar-refractivity contribution in [1.29, 1.82) is 0 Å². The average Bonchev–Trinajstić information content (AvgIpc) is 2.75. The van der Waals surface area contributed by atoms with Gasteiger partial charge in [-0.2, -0.15) is 0 Å². The van der Waals surface area contributed by atoms with Crippen molar-refractivity contribution in [3.05, 3.63) is 35.5 Å². The van der Waals surface area contributed by atoms with E-state index in [1.165, 1.54) is 0 Å². The molecule has 1 fully saturated rings. The number of esters is 2. The van der Waals surface area contributed by atoms with Gasteiger partial charge in [0.2, 0.25) is 0 Å². The molecule has 0 bridgehead atoms. The molecule has 1 aliphatic heterocycles. The fraction of sp³-hybridized carbons (Fsp3) is 0.579. The minimum Gasteiger partial charge on any atom is -0.455 e. The van der Waals surface area contributed by atoms with E-state index in [-0.39, 0.29) is 5.57 Å². The van der Waals surface area contributed by atoms with Crippen LogP contribution in [0.1, 0.15) is 40.5 Å². The van der Waals surface area contributed by atoms with Crippen molar-refractivity contribution in [2.24, 2.45) is 5.92 Å². The van der Waals surface area contributed by atoms with E-state index in [0.717, 1.165) is 5.57 Å². The Morgan fingerprint density at radius 2 is 2.08 bits per heavy atom. The molecule has 0 aromatic rings. The van der Waals surface area contributed by atoms with E-state index in [9.17, 15) is 19.8 Å². The van der Waals surface area contributed by atoms with Gasteiger partial charge in [0.05, 0.1) is 11.5 Å². The summed E-state index contributed by atoms with van der Waals surface area (Å²) in [5.74, 6) is -1.67. The molecule has 1 aliphatic carbocycles. The summed E-state index contributed by atoms with van der Waals surface area (Å²) in [5, 5.41) is 22.0. The fourth-order valence-corrected chi connectivity index (χ4v) is 3.00. The molecule has 4 atom stereocenters. The molecule has 0 saturated carbocycles. The highest BCUT2D eigenvalue weighted by Gasteiger charge is 2.58. The van der Waals surface area contributed by atoms with Crippen molar-refractivity contribution in [3.8, 4) is 0 Å². The maximum Gasteiger partial charge on any atom is 0.337 e. The van der Waals surface area contributed by atoms with Gasteiger partial charge in [0.25, 0.3) is 0 Å². The first-order chi connectivity index (χ1) is 11.6. The van der Waals surface area contributed by atoms with E-state index in [0.29, 0.717) is 18.4 Å². The molecule has 2 N–H and O–H groups in total. The van der Waals surface area contributed by atoms with Gasteiger partial charge in [-0.3, -0.25) is 4.79 Å². The Hall–Kier alpha value is -1.92. The molecule has 2 rings (SSSR count). The number of fused-ring (bicyclic) bond motifs is 1. The second-order valence-electron chi connectivity index (χ2n) is 7.09. The Labute approximate surface area is 147 Å². The van der Waals surface area contributed by atoms with Gasteiger partial charge in [0.15, 0.2) is 17.8 Å². The lowest BCUT2D eigenvalue weighted by Gasteiger charge is -2.37. The Morgan fingerprint density at radius 1 is 1.44 bits per heavy atom. The summed E-state index contributed by atoms with van der Waals surface area (Å²) < 4.78 is 10.7. The summed E-state index contributed by atoms with van der Waals surface area (Å²) in [5.41, 5.74) is -0.782. The minimum atomic E-state index is -2.06. The Kier molecular flexibility index (Phi) is 5.54. The first-order valence-electron chi connectivity index (χ1n) is 8.44. The van der Waals surface area contributed by atoms with E-state index >= 15 is 0 Å². The zero-order valence-electron chi connectivity index (χ0n) is 15.1. The molecule has 2 aliphatic rings. The number of hydrogen-bond acceptors (Lipinski definition) is 6. The normalized spacial score (nSPS) is 33.3. The molecule has 6 heteroatoms. The second-order valence-corrected chi connectivity index (χ2v) is 7.09. The van der Waals surface area contributed by atoms with Gasteiger partial charge in [-0.05, 0) is 38.3 Å². The van der Waals surface area contributed by atoms with E-state index < -0.39 is 41.8 Å². The van der Waals surface area contributed by atoms with Crippen LogP contribution in [0.25, 0.3) is 0 Å². The van der Waals surface area contributed by atoms with Crippen molar-refractivity contribution in [2.75, 3.05) is 0 Å². The molecular formula is C19H26O6. The van der Waals surface area contributed by atoms with Crippen molar-refractivity contribution in [3.63, 3.8) is 0 Å². The molecule has 0 aromatic carbocycles. The van der Waals surface area contributed by atoms with Crippen LogP contribution in [0.5, 0.6) is 0 Å². The fourth-order valence-electron chi connectivity index (χ4n) is 3.00. The van der Waals surface area contributed by atoms with Gasteiger partial charge in [-0.15, -0.1) is 0 Å².